The third kappa shape index (κ3) is 3.42. The van der Waals surface area contributed by atoms with Crippen LogP contribution in [0.2, 0.25) is 5.02 Å². The van der Waals surface area contributed by atoms with Gasteiger partial charge in [-0.3, -0.25) is 0 Å². The smallest absolute Gasteiger partial charge is 0.430 e. The van der Waals surface area contributed by atoms with Crippen molar-refractivity contribution in [1.82, 2.24) is 0 Å². The highest BCUT2D eigenvalue weighted by molar-refractivity contribution is 6.31. The molecule has 0 aromatic heterocycles. The third-order valence-corrected chi connectivity index (χ3v) is 3.90. The molecular formula is C18H11ClF3NO2. The summed E-state index contributed by atoms with van der Waals surface area (Å²) in [5.74, 6) is 2.70. The number of hydrogen-bond donors (Lipinski definition) is 0. The van der Waals surface area contributed by atoms with E-state index in [1.165, 1.54) is 24.3 Å². The van der Waals surface area contributed by atoms with E-state index in [0.717, 1.165) is 10.5 Å². The van der Waals surface area contributed by atoms with Crippen LogP contribution in [0.5, 0.6) is 0 Å². The molecule has 1 unspecified atom stereocenters. The Morgan fingerprint density at radius 2 is 1.92 bits per heavy atom. The Balaban J connectivity index is 2.03. The molecule has 0 spiro atoms. The molecule has 1 amide bonds. The minimum Gasteiger partial charge on any atom is -0.430 e. The maximum atomic E-state index is 13.1. The Hall–Kier alpha value is -2.65. The molecule has 1 atom stereocenters. The second kappa shape index (κ2) is 6.34. The van der Waals surface area contributed by atoms with Gasteiger partial charge in [0.25, 0.3) is 0 Å². The summed E-state index contributed by atoms with van der Waals surface area (Å²) >= 11 is 6.08. The van der Waals surface area contributed by atoms with Gasteiger partial charge in [0.1, 0.15) is 0 Å². The van der Waals surface area contributed by atoms with Crippen LogP contribution in [0.25, 0.3) is 0 Å². The summed E-state index contributed by atoms with van der Waals surface area (Å²) in [5, 5.41) is 0.388. The van der Waals surface area contributed by atoms with E-state index in [-0.39, 0.29) is 11.3 Å². The lowest BCUT2D eigenvalue weighted by molar-refractivity contribution is -0.206. The minimum absolute atomic E-state index is 0.0387. The highest BCUT2D eigenvalue weighted by Crippen LogP contribution is 2.43. The number of amides is 1. The van der Waals surface area contributed by atoms with Crippen LogP contribution in [-0.2, 0) is 4.74 Å². The molecule has 1 aliphatic rings. The third-order valence-electron chi connectivity index (χ3n) is 3.59. The number of alkyl halides is 3. The van der Waals surface area contributed by atoms with Gasteiger partial charge in [-0.05, 0) is 36.6 Å². The zero-order chi connectivity index (χ0) is 18.2. The van der Waals surface area contributed by atoms with Crippen molar-refractivity contribution in [3.63, 3.8) is 0 Å². The molecular weight excluding hydrogens is 355 g/mol. The summed E-state index contributed by atoms with van der Waals surface area (Å²) in [6.07, 6.45) is -8.19. The molecule has 128 valence electrons. The first-order chi connectivity index (χ1) is 11.8. The summed E-state index contributed by atoms with van der Waals surface area (Å²) in [6, 6.07) is 13.3. The van der Waals surface area contributed by atoms with E-state index in [4.69, 9.17) is 11.6 Å². The SMILES string of the molecule is Cc1ccc(C#CN2C(=O)OC(C(F)(F)F)c3ccccc32)c(Cl)c1. The minimum atomic E-state index is -4.70. The Morgan fingerprint density at radius 1 is 1.20 bits per heavy atom. The van der Waals surface area contributed by atoms with Gasteiger partial charge in [0.2, 0.25) is 6.10 Å². The van der Waals surface area contributed by atoms with Gasteiger partial charge in [0, 0.05) is 17.2 Å². The fourth-order valence-electron chi connectivity index (χ4n) is 2.41. The molecule has 1 heterocycles. The first-order valence-electron chi connectivity index (χ1n) is 7.21. The van der Waals surface area contributed by atoms with E-state index in [9.17, 15) is 18.0 Å². The van der Waals surface area contributed by atoms with Gasteiger partial charge in [0.05, 0.1) is 10.7 Å². The molecule has 0 aliphatic carbocycles. The largest absolute Gasteiger partial charge is 0.430 e. The maximum absolute atomic E-state index is 13.1. The topological polar surface area (TPSA) is 29.5 Å². The van der Waals surface area contributed by atoms with Gasteiger partial charge in [0.15, 0.2) is 0 Å². The molecule has 2 aromatic carbocycles. The van der Waals surface area contributed by atoms with Crippen LogP contribution in [0.4, 0.5) is 23.7 Å². The van der Waals surface area contributed by atoms with Gasteiger partial charge in [-0.15, -0.1) is 0 Å². The molecule has 0 radical (unpaired) electrons. The van der Waals surface area contributed by atoms with Crippen LogP contribution in [-0.4, -0.2) is 12.3 Å². The second-order valence-corrected chi connectivity index (χ2v) is 5.83. The predicted octanol–water partition coefficient (Wildman–Crippen LogP) is 5.22. The highest BCUT2D eigenvalue weighted by Gasteiger charge is 2.49. The van der Waals surface area contributed by atoms with Crippen molar-refractivity contribution < 1.29 is 22.7 Å². The van der Waals surface area contributed by atoms with Crippen LogP contribution in [0.15, 0.2) is 42.5 Å². The van der Waals surface area contributed by atoms with Crippen molar-refractivity contribution in [2.24, 2.45) is 0 Å². The summed E-state index contributed by atoms with van der Waals surface area (Å²) in [5.41, 5.74) is 1.26. The number of carbonyl (C=O) groups excluding carboxylic acids is 1. The van der Waals surface area contributed by atoms with E-state index in [0.29, 0.717) is 10.6 Å². The zero-order valence-electron chi connectivity index (χ0n) is 12.9. The molecule has 0 N–H and O–H groups in total. The van der Waals surface area contributed by atoms with Gasteiger partial charge in [-0.25, -0.2) is 9.69 Å². The number of ether oxygens (including phenoxy) is 1. The van der Waals surface area contributed by atoms with E-state index in [1.54, 1.807) is 18.2 Å². The Kier molecular flexibility index (Phi) is 4.36. The first kappa shape index (κ1) is 17.2. The number of benzene rings is 2. The number of anilines is 1. The molecule has 0 bridgehead atoms. The summed E-state index contributed by atoms with van der Waals surface area (Å²) in [6.45, 7) is 1.86. The summed E-state index contributed by atoms with van der Waals surface area (Å²) in [4.78, 5) is 12.9. The van der Waals surface area contributed by atoms with Crippen LogP contribution in [0.3, 0.4) is 0 Å². The molecule has 0 saturated heterocycles. The summed E-state index contributed by atoms with van der Waals surface area (Å²) < 4.78 is 43.9. The monoisotopic (exact) mass is 365 g/mol. The van der Waals surface area contributed by atoms with Crippen molar-refractivity contribution in [2.75, 3.05) is 4.90 Å². The van der Waals surface area contributed by atoms with Crippen molar-refractivity contribution in [1.29, 1.82) is 0 Å². The predicted molar refractivity (Wildman–Crippen MR) is 87.3 cm³/mol. The van der Waals surface area contributed by atoms with Crippen LogP contribution >= 0.6 is 11.6 Å². The van der Waals surface area contributed by atoms with Crippen molar-refractivity contribution in [2.45, 2.75) is 19.2 Å². The molecule has 2 aromatic rings. The molecule has 3 rings (SSSR count). The average Bonchev–Trinajstić information content (AvgIpc) is 2.54. The van der Waals surface area contributed by atoms with Crippen molar-refractivity contribution in [3.8, 4) is 12.0 Å². The van der Waals surface area contributed by atoms with E-state index in [2.05, 4.69) is 16.7 Å². The zero-order valence-corrected chi connectivity index (χ0v) is 13.7. The average molecular weight is 366 g/mol. The Morgan fingerprint density at radius 3 is 2.60 bits per heavy atom. The fourth-order valence-corrected chi connectivity index (χ4v) is 2.70. The number of hydrogen-bond acceptors (Lipinski definition) is 2. The molecule has 7 heteroatoms. The number of para-hydroxylation sites is 1. The van der Waals surface area contributed by atoms with E-state index < -0.39 is 18.4 Å². The van der Waals surface area contributed by atoms with E-state index >= 15 is 0 Å². The van der Waals surface area contributed by atoms with Gasteiger partial charge < -0.3 is 4.74 Å². The Labute approximate surface area is 147 Å². The van der Waals surface area contributed by atoms with Crippen LogP contribution in [0.1, 0.15) is 22.8 Å². The number of nitrogens with zero attached hydrogens (tertiary/aromatic N) is 1. The lowest BCUT2D eigenvalue weighted by Crippen LogP contribution is -2.39. The highest BCUT2D eigenvalue weighted by atomic mass is 35.5. The van der Waals surface area contributed by atoms with Gasteiger partial charge in [-0.1, -0.05) is 35.9 Å². The van der Waals surface area contributed by atoms with Crippen LogP contribution < -0.4 is 4.90 Å². The van der Waals surface area contributed by atoms with Crippen molar-refractivity contribution in [3.05, 3.63) is 64.2 Å². The standard InChI is InChI=1S/C18H11ClF3NO2/c1-11-6-7-12(14(19)10-11)8-9-23-15-5-3-2-4-13(15)16(18(20,21)22)25-17(23)24/h2-7,10,16H,1H3. The second-order valence-electron chi connectivity index (χ2n) is 5.42. The quantitative estimate of drug-likeness (QED) is 0.599. The molecule has 25 heavy (non-hydrogen) atoms. The lowest BCUT2D eigenvalue weighted by Gasteiger charge is -2.31. The molecule has 0 fully saturated rings. The Bertz CT molecular complexity index is 899. The number of rotatable bonds is 0. The maximum Gasteiger partial charge on any atom is 0.430 e. The van der Waals surface area contributed by atoms with E-state index in [1.807, 2.05) is 6.92 Å². The first-order valence-corrected chi connectivity index (χ1v) is 7.59. The van der Waals surface area contributed by atoms with Crippen LogP contribution in [0, 0.1) is 18.9 Å². The number of cyclic esters (lactones) is 1. The molecule has 0 saturated carbocycles. The fraction of sp³-hybridized carbons (Fsp3) is 0.167. The summed E-state index contributed by atoms with van der Waals surface area (Å²) in [7, 11) is 0. The number of carbonyl (C=O) groups is 1. The lowest BCUT2D eigenvalue weighted by atomic mass is 10.0. The number of fused-ring (bicyclic) bond motifs is 1. The van der Waals surface area contributed by atoms with Gasteiger partial charge >= 0.3 is 12.3 Å². The normalized spacial score (nSPS) is 16.6. The number of halogens is 4. The molecule has 3 nitrogen and oxygen atoms in total. The van der Waals surface area contributed by atoms with Crippen molar-refractivity contribution >= 4 is 23.4 Å². The molecule has 1 aliphatic heterocycles. The van der Waals surface area contributed by atoms with Gasteiger partial charge in [-0.2, -0.15) is 13.2 Å². The number of aryl methyl sites for hydroxylation is 1.